The minimum absolute atomic E-state index is 0.0943. The van der Waals surface area contributed by atoms with Crippen molar-refractivity contribution in [2.24, 2.45) is 10.2 Å². The lowest BCUT2D eigenvalue weighted by atomic mass is 9.92. The molecule has 19 heavy (non-hydrogen) atoms. The summed E-state index contributed by atoms with van der Waals surface area (Å²) in [7, 11) is 1.74. The van der Waals surface area contributed by atoms with Crippen molar-refractivity contribution in [1.29, 1.82) is 0 Å². The Balaban J connectivity index is 0.000000555. The normalized spacial score (nSPS) is 19.1. The largest absolute Gasteiger partial charge is 0.382 e. The Labute approximate surface area is 119 Å². The van der Waals surface area contributed by atoms with Crippen LogP contribution in [0.3, 0.4) is 0 Å². The first-order valence-corrected chi connectivity index (χ1v) is 7.46. The highest BCUT2D eigenvalue weighted by Gasteiger charge is 2.32. The maximum atomic E-state index is 5.51. The van der Waals surface area contributed by atoms with Gasteiger partial charge in [0.2, 0.25) is 0 Å². The first-order valence-electron chi connectivity index (χ1n) is 7.46. The van der Waals surface area contributed by atoms with Crippen LogP contribution >= 0.6 is 0 Å². The summed E-state index contributed by atoms with van der Waals surface area (Å²) in [4.78, 5) is 0. The molecule has 0 saturated heterocycles. The van der Waals surface area contributed by atoms with Gasteiger partial charge in [0.25, 0.3) is 0 Å². The van der Waals surface area contributed by atoms with Gasteiger partial charge in [-0.05, 0) is 60.3 Å². The molecule has 0 aromatic rings. The average molecular weight is 272 g/mol. The second-order valence-electron chi connectivity index (χ2n) is 5.86. The molecule has 1 aliphatic carbocycles. The molecule has 0 aromatic carbocycles. The predicted molar refractivity (Wildman–Crippen MR) is 79.6 cm³/mol. The van der Waals surface area contributed by atoms with Gasteiger partial charge in [0, 0.05) is 20.3 Å². The molecule has 1 fully saturated rings. The third kappa shape index (κ3) is 9.11. The van der Waals surface area contributed by atoms with E-state index < -0.39 is 0 Å². The molecule has 0 aliphatic heterocycles. The van der Waals surface area contributed by atoms with Gasteiger partial charge >= 0.3 is 0 Å². The third-order valence-electron chi connectivity index (χ3n) is 2.96. The van der Waals surface area contributed by atoms with Crippen molar-refractivity contribution in [3.8, 4) is 0 Å². The van der Waals surface area contributed by atoms with E-state index in [4.69, 9.17) is 9.47 Å². The van der Waals surface area contributed by atoms with Crippen LogP contribution in [0.1, 0.15) is 66.7 Å². The van der Waals surface area contributed by atoms with Crippen molar-refractivity contribution >= 4 is 0 Å². The maximum Gasteiger partial charge on any atom is 0.178 e. The highest BCUT2D eigenvalue weighted by molar-refractivity contribution is 4.81. The summed E-state index contributed by atoms with van der Waals surface area (Å²) < 4.78 is 10.3. The Kier molecular flexibility index (Phi) is 9.19. The molecule has 0 N–H and O–H groups in total. The topological polar surface area (TPSA) is 43.2 Å². The summed E-state index contributed by atoms with van der Waals surface area (Å²) in [5.74, 6) is 0. The van der Waals surface area contributed by atoms with E-state index in [0.717, 1.165) is 26.1 Å². The number of azo groups is 1. The minimum Gasteiger partial charge on any atom is -0.382 e. The van der Waals surface area contributed by atoms with Gasteiger partial charge in [-0.25, -0.2) is 0 Å². The van der Waals surface area contributed by atoms with Crippen molar-refractivity contribution in [3.63, 3.8) is 0 Å². The number of rotatable bonds is 4. The summed E-state index contributed by atoms with van der Waals surface area (Å²) >= 11 is 0. The number of nitrogens with zero attached hydrogens (tertiary/aromatic N) is 2. The van der Waals surface area contributed by atoms with Crippen LogP contribution in [0.4, 0.5) is 0 Å². The molecule has 114 valence electrons. The van der Waals surface area contributed by atoms with Crippen molar-refractivity contribution in [3.05, 3.63) is 0 Å². The van der Waals surface area contributed by atoms with Crippen molar-refractivity contribution < 1.29 is 9.47 Å². The van der Waals surface area contributed by atoms with Crippen LogP contribution in [0.2, 0.25) is 0 Å². The number of hydrogen-bond donors (Lipinski definition) is 0. The van der Waals surface area contributed by atoms with Crippen LogP contribution < -0.4 is 0 Å². The van der Waals surface area contributed by atoms with E-state index in [0.29, 0.717) is 0 Å². The molecule has 1 aliphatic rings. The summed E-state index contributed by atoms with van der Waals surface area (Å²) in [6, 6.07) is 0. The Hall–Kier alpha value is -0.480. The molecular formula is C15H32N2O2. The molecule has 1 rings (SSSR count). The molecule has 1 saturated carbocycles. The van der Waals surface area contributed by atoms with Gasteiger partial charge in [-0.2, -0.15) is 10.2 Å². The first-order chi connectivity index (χ1) is 8.89. The van der Waals surface area contributed by atoms with Gasteiger partial charge < -0.3 is 9.47 Å². The molecule has 0 radical (unpaired) electrons. The average Bonchev–Trinajstić information content (AvgIpc) is 2.38. The standard InChI is InChI=1S/C11H22N2O.C4H10O/c1-10(2,3)12-13-11(14-4)8-6-5-7-9-11;1-3-5-4-2/h5-9H2,1-4H3;3-4H2,1-2H3/b13-12+;. The zero-order valence-corrected chi connectivity index (χ0v) is 13.7. The molecule has 0 bridgehead atoms. The summed E-state index contributed by atoms with van der Waals surface area (Å²) in [5.41, 5.74) is -0.408. The van der Waals surface area contributed by atoms with Crippen LogP contribution in [0.15, 0.2) is 10.2 Å². The van der Waals surface area contributed by atoms with Crippen LogP contribution in [-0.4, -0.2) is 31.6 Å². The van der Waals surface area contributed by atoms with Crippen LogP contribution in [0, 0.1) is 0 Å². The van der Waals surface area contributed by atoms with Gasteiger partial charge in [0.15, 0.2) is 5.72 Å². The fourth-order valence-electron chi connectivity index (χ4n) is 1.89. The Morgan fingerprint density at radius 3 is 1.84 bits per heavy atom. The zero-order chi connectivity index (χ0) is 14.8. The van der Waals surface area contributed by atoms with E-state index in [1.807, 2.05) is 13.8 Å². The molecule has 0 spiro atoms. The van der Waals surface area contributed by atoms with Crippen LogP contribution in [-0.2, 0) is 9.47 Å². The van der Waals surface area contributed by atoms with E-state index in [2.05, 4.69) is 31.0 Å². The Morgan fingerprint density at radius 1 is 1.00 bits per heavy atom. The molecule has 0 aromatic heterocycles. The van der Waals surface area contributed by atoms with Crippen molar-refractivity contribution in [2.45, 2.75) is 78.0 Å². The lowest BCUT2D eigenvalue weighted by molar-refractivity contribution is -0.0392. The second kappa shape index (κ2) is 9.43. The predicted octanol–water partition coefficient (Wildman–Crippen LogP) is 4.59. The van der Waals surface area contributed by atoms with E-state index in [1.54, 1.807) is 7.11 Å². The highest BCUT2D eigenvalue weighted by Crippen LogP contribution is 2.33. The summed E-state index contributed by atoms with van der Waals surface area (Å²) in [5, 5.41) is 8.73. The molecule has 0 unspecified atom stereocenters. The van der Waals surface area contributed by atoms with E-state index in [9.17, 15) is 0 Å². The van der Waals surface area contributed by atoms with Crippen LogP contribution in [0.25, 0.3) is 0 Å². The van der Waals surface area contributed by atoms with Gasteiger partial charge in [0.05, 0.1) is 5.54 Å². The van der Waals surface area contributed by atoms with Crippen molar-refractivity contribution in [2.75, 3.05) is 20.3 Å². The highest BCUT2D eigenvalue weighted by atomic mass is 16.5. The molecule has 4 nitrogen and oxygen atoms in total. The summed E-state index contributed by atoms with van der Waals surface area (Å²) in [6.45, 7) is 11.8. The SMILES string of the molecule is CCOCC.COC1(/N=N/C(C)(C)C)CCCCC1. The molecule has 0 amide bonds. The van der Waals surface area contributed by atoms with Gasteiger partial charge in [0.1, 0.15) is 0 Å². The molecule has 0 atom stereocenters. The lowest BCUT2D eigenvalue weighted by Crippen LogP contribution is -2.31. The van der Waals surface area contributed by atoms with E-state index >= 15 is 0 Å². The smallest absolute Gasteiger partial charge is 0.178 e. The van der Waals surface area contributed by atoms with Crippen LogP contribution in [0.5, 0.6) is 0 Å². The fourth-order valence-corrected chi connectivity index (χ4v) is 1.89. The number of methoxy groups -OCH3 is 1. The third-order valence-corrected chi connectivity index (χ3v) is 2.96. The quantitative estimate of drug-likeness (QED) is 0.703. The lowest BCUT2D eigenvalue weighted by Gasteiger charge is -2.31. The zero-order valence-electron chi connectivity index (χ0n) is 13.7. The van der Waals surface area contributed by atoms with Gasteiger partial charge in [-0.15, -0.1) is 0 Å². The van der Waals surface area contributed by atoms with E-state index in [1.165, 1.54) is 19.3 Å². The molecule has 0 heterocycles. The van der Waals surface area contributed by atoms with Gasteiger partial charge in [-0.3, -0.25) is 0 Å². The maximum absolute atomic E-state index is 5.51. The Morgan fingerprint density at radius 2 is 1.53 bits per heavy atom. The Bertz CT molecular complexity index is 239. The monoisotopic (exact) mass is 272 g/mol. The molecular weight excluding hydrogens is 240 g/mol. The van der Waals surface area contributed by atoms with E-state index in [-0.39, 0.29) is 11.3 Å². The van der Waals surface area contributed by atoms with Gasteiger partial charge in [-0.1, -0.05) is 6.42 Å². The second-order valence-corrected chi connectivity index (χ2v) is 5.86. The van der Waals surface area contributed by atoms with Crippen molar-refractivity contribution in [1.82, 2.24) is 0 Å². The summed E-state index contributed by atoms with van der Waals surface area (Å²) in [6.07, 6.45) is 5.75. The number of hydrogen-bond acceptors (Lipinski definition) is 4. The first kappa shape index (κ1) is 18.5. The molecule has 4 heteroatoms. The fraction of sp³-hybridized carbons (Fsp3) is 1.00. The minimum atomic E-state index is -0.314. The number of ether oxygens (including phenoxy) is 2.